The van der Waals surface area contributed by atoms with Crippen LogP contribution < -0.4 is 0 Å². The summed E-state index contributed by atoms with van der Waals surface area (Å²) >= 11 is 0. The van der Waals surface area contributed by atoms with Gasteiger partial charge in [-0.2, -0.15) is 0 Å². The number of unbranched alkanes of at least 4 members (excludes halogenated alkanes) is 2. The highest BCUT2D eigenvalue weighted by molar-refractivity contribution is 5.99. The molecule has 4 aliphatic heterocycles. The van der Waals surface area contributed by atoms with Crippen molar-refractivity contribution in [3.63, 3.8) is 0 Å². The van der Waals surface area contributed by atoms with Crippen molar-refractivity contribution in [2.45, 2.75) is 56.8 Å². The number of hydrogen-bond donors (Lipinski definition) is 1. The molecule has 1 spiro atoms. The molecule has 31 heavy (non-hydrogen) atoms. The van der Waals surface area contributed by atoms with E-state index in [1.54, 1.807) is 4.90 Å². The normalized spacial score (nSPS) is 36.1. The molecule has 8 heteroatoms. The number of cyclic esters (lactones) is 1. The lowest BCUT2D eigenvalue weighted by Gasteiger charge is -2.35. The van der Waals surface area contributed by atoms with Crippen LogP contribution in [0.5, 0.6) is 0 Å². The lowest BCUT2D eigenvalue weighted by molar-refractivity contribution is -0.155. The van der Waals surface area contributed by atoms with Gasteiger partial charge in [-0.15, -0.1) is 0 Å². The molecule has 2 amide bonds. The standard InChI is InChI=1S/C23H32N2O6/c1-2-3-6-11-24-12-8-10-23-18(20(27)25(13-14-26)19(23)21(24)28)17-16(31-23)9-5-4-7-15-30-22(17)29/h5,8-10,16-19,26H,2-4,6-7,11-15H2,1H3/b9-5-/t16-,17+,18-,19?,23-/m0/s1. The van der Waals surface area contributed by atoms with Gasteiger partial charge in [0.2, 0.25) is 11.8 Å². The van der Waals surface area contributed by atoms with Gasteiger partial charge in [0, 0.05) is 19.6 Å². The summed E-state index contributed by atoms with van der Waals surface area (Å²) in [5.74, 6) is -2.63. The molecule has 1 N–H and O–H groups in total. The topological polar surface area (TPSA) is 96.4 Å². The molecule has 0 aromatic carbocycles. The molecule has 0 radical (unpaired) electrons. The monoisotopic (exact) mass is 432 g/mol. The first kappa shape index (κ1) is 22.0. The van der Waals surface area contributed by atoms with Crippen molar-refractivity contribution in [2.24, 2.45) is 11.8 Å². The number of rotatable bonds is 6. The van der Waals surface area contributed by atoms with E-state index in [4.69, 9.17) is 9.47 Å². The molecule has 0 bridgehead atoms. The number of amides is 2. The Morgan fingerprint density at radius 3 is 2.77 bits per heavy atom. The molecule has 2 saturated heterocycles. The highest BCUT2D eigenvalue weighted by Crippen LogP contribution is 2.53. The van der Waals surface area contributed by atoms with Gasteiger partial charge in [0.1, 0.15) is 17.6 Å². The average molecular weight is 433 g/mol. The highest BCUT2D eigenvalue weighted by Gasteiger charge is 2.71. The van der Waals surface area contributed by atoms with Crippen LogP contribution in [0.1, 0.15) is 39.0 Å². The maximum absolute atomic E-state index is 13.7. The van der Waals surface area contributed by atoms with E-state index < -0.39 is 35.6 Å². The average Bonchev–Trinajstić information content (AvgIpc) is 3.15. The summed E-state index contributed by atoms with van der Waals surface area (Å²) in [7, 11) is 0. The molecule has 0 aromatic rings. The Labute approximate surface area is 182 Å². The lowest BCUT2D eigenvalue weighted by Crippen LogP contribution is -2.55. The summed E-state index contributed by atoms with van der Waals surface area (Å²) < 4.78 is 11.9. The summed E-state index contributed by atoms with van der Waals surface area (Å²) in [6.07, 6.45) is 11.3. The predicted octanol–water partition coefficient (Wildman–Crippen LogP) is 1.04. The molecular formula is C23H32N2O6. The van der Waals surface area contributed by atoms with E-state index in [1.165, 1.54) is 4.90 Å². The van der Waals surface area contributed by atoms with E-state index >= 15 is 0 Å². The van der Waals surface area contributed by atoms with Crippen LogP contribution in [0.4, 0.5) is 0 Å². The maximum atomic E-state index is 13.7. The number of carbonyl (C=O) groups excluding carboxylic acids is 3. The fourth-order valence-corrected chi connectivity index (χ4v) is 5.40. The van der Waals surface area contributed by atoms with Gasteiger partial charge in [-0.25, -0.2) is 0 Å². The summed E-state index contributed by atoms with van der Waals surface area (Å²) in [5, 5.41) is 9.61. The molecule has 4 aliphatic rings. The summed E-state index contributed by atoms with van der Waals surface area (Å²) in [5.41, 5.74) is -1.24. The van der Waals surface area contributed by atoms with Gasteiger partial charge in [-0.3, -0.25) is 14.4 Å². The van der Waals surface area contributed by atoms with Gasteiger partial charge in [0.25, 0.3) is 0 Å². The zero-order valence-corrected chi connectivity index (χ0v) is 18.1. The molecule has 0 aromatic heterocycles. The number of likely N-dealkylation sites (tertiary alicyclic amines) is 1. The molecule has 0 saturated carbocycles. The van der Waals surface area contributed by atoms with Crippen LogP contribution in [0, 0.1) is 11.8 Å². The number of β-amino-alcohol motifs (C(OH)–C–C–N with tert-alkyl or cyclic N) is 1. The van der Waals surface area contributed by atoms with Crippen molar-refractivity contribution in [1.29, 1.82) is 0 Å². The second kappa shape index (κ2) is 9.12. The number of aliphatic hydroxyl groups excluding tert-OH is 1. The van der Waals surface area contributed by atoms with Gasteiger partial charge < -0.3 is 24.4 Å². The van der Waals surface area contributed by atoms with E-state index in [9.17, 15) is 19.5 Å². The minimum absolute atomic E-state index is 0.0236. The van der Waals surface area contributed by atoms with Crippen molar-refractivity contribution in [2.75, 3.05) is 32.8 Å². The quantitative estimate of drug-likeness (QED) is 0.383. The van der Waals surface area contributed by atoms with Gasteiger partial charge in [0.05, 0.1) is 25.2 Å². The Hall–Kier alpha value is -2.19. The predicted molar refractivity (Wildman–Crippen MR) is 112 cm³/mol. The van der Waals surface area contributed by atoms with E-state index in [2.05, 4.69) is 6.92 Å². The van der Waals surface area contributed by atoms with E-state index in [0.717, 1.165) is 32.1 Å². The Morgan fingerprint density at radius 2 is 2.00 bits per heavy atom. The molecule has 1 unspecified atom stereocenters. The van der Waals surface area contributed by atoms with Crippen LogP contribution >= 0.6 is 0 Å². The van der Waals surface area contributed by atoms with Gasteiger partial charge in [-0.1, -0.05) is 44.1 Å². The number of hydrogen-bond acceptors (Lipinski definition) is 6. The molecule has 2 fully saturated rings. The fourth-order valence-electron chi connectivity index (χ4n) is 5.40. The molecule has 4 heterocycles. The van der Waals surface area contributed by atoms with E-state index in [0.29, 0.717) is 19.7 Å². The molecular weight excluding hydrogens is 400 g/mol. The second-order valence-electron chi connectivity index (χ2n) is 8.73. The minimum atomic E-state index is -1.24. The molecule has 0 aliphatic carbocycles. The number of ether oxygens (including phenoxy) is 2. The van der Waals surface area contributed by atoms with Crippen LogP contribution in [0.15, 0.2) is 24.3 Å². The number of nitrogens with zero attached hydrogens (tertiary/aromatic N) is 2. The van der Waals surface area contributed by atoms with Gasteiger partial charge >= 0.3 is 5.97 Å². The Morgan fingerprint density at radius 1 is 1.16 bits per heavy atom. The third kappa shape index (κ3) is 3.69. The van der Waals surface area contributed by atoms with Crippen LogP contribution in [0.25, 0.3) is 0 Å². The smallest absolute Gasteiger partial charge is 0.312 e. The third-order valence-corrected chi connectivity index (χ3v) is 6.81. The summed E-state index contributed by atoms with van der Waals surface area (Å²) in [4.78, 5) is 43.3. The van der Waals surface area contributed by atoms with Crippen LogP contribution in [0.3, 0.4) is 0 Å². The van der Waals surface area contributed by atoms with Crippen molar-refractivity contribution in [3.05, 3.63) is 24.3 Å². The van der Waals surface area contributed by atoms with Crippen molar-refractivity contribution < 1.29 is 29.0 Å². The van der Waals surface area contributed by atoms with E-state index in [1.807, 2.05) is 24.3 Å². The van der Waals surface area contributed by atoms with Gasteiger partial charge in [-0.05, 0) is 19.3 Å². The Kier molecular flexibility index (Phi) is 6.48. The SMILES string of the molecule is CCCCCN1CC=C[C@]23O[C@H]4/C=C\CCCOC(=O)[C@H]4[C@H]2C(=O)N(CCO)C3C1=O. The lowest BCUT2D eigenvalue weighted by atomic mass is 9.78. The number of fused-ring (bicyclic) bond motifs is 2. The molecule has 8 nitrogen and oxygen atoms in total. The first-order chi connectivity index (χ1) is 15.0. The van der Waals surface area contributed by atoms with Crippen molar-refractivity contribution >= 4 is 17.8 Å². The van der Waals surface area contributed by atoms with Crippen LogP contribution in [-0.2, 0) is 23.9 Å². The van der Waals surface area contributed by atoms with Crippen LogP contribution in [-0.4, -0.2) is 83.3 Å². The fraction of sp³-hybridized carbons (Fsp3) is 0.696. The zero-order chi connectivity index (χ0) is 22.0. The summed E-state index contributed by atoms with van der Waals surface area (Å²) in [6, 6.07) is -0.894. The zero-order valence-electron chi connectivity index (χ0n) is 18.1. The number of aliphatic hydroxyl groups is 1. The second-order valence-corrected chi connectivity index (χ2v) is 8.73. The Bertz CT molecular complexity index is 780. The summed E-state index contributed by atoms with van der Waals surface area (Å²) in [6.45, 7) is 3.20. The van der Waals surface area contributed by atoms with Crippen LogP contribution in [0.2, 0.25) is 0 Å². The highest BCUT2D eigenvalue weighted by atomic mass is 16.6. The molecule has 4 rings (SSSR count). The Balaban J connectivity index is 1.74. The maximum Gasteiger partial charge on any atom is 0.312 e. The molecule has 5 atom stereocenters. The van der Waals surface area contributed by atoms with Crippen molar-refractivity contribution in [1.82, 2.24) is 9.80 Å². The molecule has 170 valence electrons. The first-order valence-electron chi connectivity index (χ1n) is 11.4. The van der Waals surface area contributed by atoms with Crippen molar-refractivity contribution in [3.8, 4) is 0 Å². The number of esters is 1. The van der Waals surface area contributed by atoms with Gasteiger partial charge in [0.15, 0.2) is 0 Å². The number of carbonyl (C=O) groups is 3. The first-order valence-corrected chi connectivity index (χ1v) is 11.4. The number of allylic oxidation sites excluding steroid dienone is 1. The van der Waals surface area contributed by atoms with E-state index in [-0.39, 0.29) is 25.0 Å². The minimum Gasteiger partial charge on any atom is -0.465 e. The third-order valence-electron chi connectivity index (χ3n) is 6.81. The largest absolute Gasteiger partial charge is 0.465 e.